The van der Waals surface area contributed by atoms with Crippen molar-refractivity contribution in [3.05, 3.63) is 64.7 Å². The highest BCUT2D eigenvalue weighted by molar-refractivity contribution is 6.05. The molecule has 0 aliphatic carbocycles. The Hall–Kier alpha value is -2.95. The third-order valence-electron chi connectivity index (χ3n) is 4.52. The highest BCUT2D eigenvalue weighted by Crippen LogP contribution is 2.17. The average molecular weight is 380 g/mol. The number of ketones is 1. The van der Waals surface area contributed by atoms with E-state index < -0.39 is 0 Å². The summed E-state index contributed by atoms with van der Waals surface area (Å²) in [5.74, 6) is -0.250. The van der Waals surface area contributed by atoms with Crippen LogP contribution in [0.4, 0.5) is 5.69 Å². The van der Waals surface area contributed by atoms with Crippen molar-refractivity contribution in [2.45, 2.75) is 40.5 Å². The molecule has 0 aromatic heterocycles. The lowest BCUT2D eigenvalue weighted by atomic mass is 10.0. The van der Waals surface area contributed by atoms with Gasteiger partial charge in [0.05, 0.1) is 11.3 Å². The average Bonchev–Trinajstić information content (AvgIpc) is 2.66. The van der Waals surface area contributed by atoms with Crippen molar-refractivity contribution in [1.82, 2.24) is 5.32 Å². The molecule has 0 bridgehead atoms. The molecule has 2 amide bonds. The molecule has 0 radical (unpaired) electrons. The number of carbonyl (C=O) groups is 3. The number of hydrogen-bond acceptors (Lipinski definition) is 3. The van der Waals surface area contributed by atoms with E-state index in [1.54, 1.807) is 30.3 Å². The van der Waals surface area contributed by atoms with E-state index in [2.05, 4.69) is 10.6 Å². The first-order chi connectivity index (χ1) is 13.3. The van der Waals surface area contributed by atoms with Crippen LogP contribution in [0.5, 0.6) is 0 Å². The number of Topliss-reactive ketones (excluding diaryl/α,β-unsaturated/α-hetero) is 1. The first kappa shape index (κ1) is 21.4. The highest BCUT2D eigenvalue weighted by atomic mass is 16.2. The lowest BCUT2D eigenvalue weighted by Crippen LogP contribution is -2.28. The van der Waals surface area contributed by atoms with Gasteiger partial charge in [-0.25, -0.2) is 0 Å². The summed E-state index contributed by atoms with van der Waals surface area (Å²) < 4.78 is 0. The number of rotatable bonds is 8. The van der Waals surface area contributed by atoms with Crippen LogP contribution in [0.2, 0.25) is 0 Å². The van der Waals surface area contributed by atoms with Gasteiger partial charge in [-0.05, 0) is 49.1 Å². The summed E-state index contributed by atoms with van der Waals surface area (Å²) in [6, 6.07) is 12.4. The van der Waals surface area contributed by atoms with Crippen molar-refractivity contribution < 1.29 is 14.4 Å². The highest BCUT2D eigenvalue weighted by Gasteiger charge is 2.15. The standard InChI is InChI=1S/C23H28N2O3/c1-15(2)14-24-23(28)19-7-5-6-8-20(19)25-22(27)12-11-21(26)18-10-9-16(3)17(4)13-18/h5-10,13,15H,11-12,14H2,1-4H3,(H,24,28)(H,25,27). The second-order valence-corrected chi connectivity index (χ2v) is 7.42. The quantitative estimate of drug-likeness (QED) is 0.671. The summed E-state index contributed by atoms with van der Waals surface area (Å²) in [6.07, 6.45) is 0.184. The third-order valence-corrected chi connectivity index (χ3v) is 4.52. The van der Waals surface area contributed by atoms with Crippen LogP contribution in [0.3, 0.4) is 0 Å². The van der Waals surface area contributed by atoms with E-state index >= 15 is 0 Å². The van der Waals surface area contributed by atoms with Gasteiger partial charge in [-0.2, -0.15) is 0 Å². The fourth-order valence-corrected chi connectivity index (χ4v) is 2.68. The molecule has 5 heteroatoms. The molecule has 0 unspecified atom stereocenters. The normalized spacial score (nSPS) is 10.6. The van der Waals surface area contributed by atoms with Gasteiger partial charge in [0.2, 0.25) is 5.91 Å². The van der Waals surface area contributed by atoms with Crippen LogP contribution in [0.25, 0.3) is 0 Å². The molecule has 5 nitrogen and oxygen atoms in total. The molecule has 0 aliphatic heterocycles. The van der Waals surface area contributed by atoms with Crippen LogP contribution >= 0.6 is 0 Å². The van der Waals surface area contributed by atoms with Gasteiger partial charge < -0.3 is 10.6 Å². The topological polar surface area (TPSA) is 75.3 Å². The van der Waals surface area contributed by atoms with Gasteiger partial charge >= 0.3 is 0 Å². The van der Waals surface area contributed by atoms with Gasteiger partial charge in [0.1, 0.15) is 0 Å². The van der Waals surface area contributed by atoms with E-state index in [1.807, 2.05) is 39.8 Å². The molecule has 0 aliphatic rings. The van der Waals surface area contributed by atoms with Crippen LogP contribution in [0.15, 0.2) is 42.5 Å². The number of amides is 2. The van der Waals surface area contributed by atoms with Crippen LogP contribution in [-0.2, 0) is 4.79 Å². The molecular weight excluding hydrogens is 352 g/mol. The Balaban J connectivity index is 1.96. The van der Waals surface area contributed by atoms with Crippen molar-refractivity contribution in [2.75, 3.05) is 11.9 Å². The van der Waals surface area contributed by atoms with Gasteiger partial charge in [-0.3, -0.25) is 14.4 Å². The number of aryl methyl sites for hydroxylation is 2. The largest absolute Gasteiger partial charge is 0.352 e. The maximum Gasteiger partial charge on any atom is 0.253 e. The van der Waals surface area contributed by atoms with Crippen molar-refractivity contribution in [3.8, 4) is 0 Å². The lowest BCUT2D eigenvalue weighted by molar-refractivity contribution is -0.116. The number of para-hydroxylation sites is 1. The number of nitrogens with one attached hydrogen (secondary N) is 2. The summed E-state index contributed by atoms with van der Waals surface area (Å²) in [5.41, 5.74) is 3.66. The summed E-state index contributed by atoms with van der Waals surface area (Å²) in [5, 5.41) is 5.60. The van der Waals surface area contributed by atoms with Crippen LogP contribution < -0.4 is 10.6 Å². The Morgan fingerprint density at radius 1 is 0.929 bits per heavy atom. The van der Waals surface area contributed by atoms with Gasteiger partial charge in [-0.1, -0.05) is 38.1 Å². The van der Waals surface area contributed by atoms with Gasteiger partial charge in [0, 0.05) is 24.9 Å². The minimum atomic E-state index is -0.290. The Morgan fingerprint density at radius 3 is 2.32 bits per heavy atom. The number of anilines is 1. The molecule has 0 atom stereocenters. The molecule has 0 saturated carbocycles. The minimum Gasteiger partial charge on any atom is -0.352 e. The molecule has 28 heavy (non-hydrogen) atoms. The second kappa shape index (κ2) is 9.83. The van der Waals surface area contributed by atoms with E-state index in [-0.39, 0.29) is 30.4 Å². The predicted molar refractivity (Wildman–Crippen MR) is 112 cm³/mol. The van der Waals surface area contributed by atoms with E-state index in [4.69, 9.17) is 0 Å². The Labute approximate surface area is 166 Å². The second-order valence-electron chi connectivity index (χ2n) is 7.42. The molecular formula is C23H28N2O3. The van der Waals surface area contributed by atoms with Crippen LogP contribution in [-0.4, -0.2) is 24.1 Å². The molecule has 0 fully saturated rings. The molecule has 2 N–H and O–H groups in total. The van der Waals surface area contributed by atoms with E-state index in [1.165, 1.54) is 0 Å². The zero-order chi connectivity index (χ0) is 20.7. The first-order valence-electron chi connectivity index (χ1n) is 9.55. The molecule has 0 saturated heterocycles. The van der Waals surface area contributed by atoms with Crippen molar-refractivity contribution in [3.63, 3.8) is 0 Å². The minimum absolute atomic E-state index is 0.0632. The van der Waals surface area contributed by atoms with E-state index in [0.29, 0.717) is 29.3 Å². The van der Waals surface area contributed by atoms with Crippen LogP contribution in [0, 0.1) is 19.8 Å². The molecule has 2 aromatic rings. The molecule has 2 rings (SSSR count). The number of benzene rings is 2. The van der Waals surface area contributed by atoms with E-state index in [9.17, 15) is 14.4 Å². The smallest absolute Gasteiger partial charge is 0.253 e. The lowest BCUT2D eigenvalue weighted by Gasteiger charge is -2.12. The monoisotopic (exact) mass is 380 g/mol. The van der Waals surface area contributed by atoms with Gasteiger partial charge in [0.15, 0.2) is 5.78 Å². The van der Waals surface area contributed by atoms with Crippen molar-refractivity contribution in [2.24, 2.45) is 5.92 Å². The fourth-order valence-electron chi connectivity index (χ4n) is 2.68. The summed E-state index contributed by atoms with van der Waals surface area (Å²) in [7, 11) is 0. The maximum absolute atomic E-state index is 12.3. The SMILES string of the molecule is Cc1ccc(C(=O)CCC(=O)Nc2ccccc2C(=O)NCC(C)C)cc1C. The van der Waals surface area contributed by atoms with Crippen LogP contribution in [0.1, 0.15) is 58.5 Å². The Morgan fingerprint density at radius 2 is 1.64 bits per heavy atom. The van der Waals surface area contributed by atoms with Crippen molar-refractivity contribution >= 4 is 23.3 Å². The molecule has 0 heterocycles. The number of hydrogen-bond donors (Lipinski definition) is 2. The Bertz CT molecular complexity index is 872. The summed E-state index contributed by atoms with van der Waals surface area (Å²) >= 11 is 0. The van der Waals surface area contributed by atoms with Gasteiger partial charge in [0.25, 0.3) is 5.91 Å². The third kappa shape index (κ3) is 6.05. The fraction of sp³-hybridized carbons (Fsp3) is 0.348. The zero-order valence-electron chi connectivity index (χ0n) is 17.0. The maximum atomic E-state index is 12.3. The van der Waals surface area contributed by atoms with E-state index in [0.717, 1.165) is 11.1 Å². The molecule has 148 valence electrons. The first-order valence-corrected chi connectivity index (χ1v) is 9.55. The zero-order valence-corrected chi connectivity index (χ0v) is 17.0. The predicted octanol–water partition coefficient (Wildman–Crippen LogP) is 4.29. The summed E-state index contributed by atoms with van der Waals surface area (Å²) in [4.78, 5) is 37.0. The molecule has 2 aromatic carbocycles. The number of carbonyl (C=O) groups excluding carboxylic acids is 3. The van der Waals surface area contributed by atoms with Gasteiger partial charge in [-0.15, -0.1) is 0 Å². The van der Waals surface area contributed by atoms with Crippen molar-refractivity contribution in [1.29, 1.82) is 0 Å². The Kier molecular flexibility index (Phi) is 7.50. The molecule has 0 spiro atoms. The summed E-state index contributed by atoms with van der Waals surface area (Å²) in [6.45, 7) is 8.54.